The smallest absolute Gasteiger partial charge is 0.354 e. The van der Waals surface area contributed by atoms with Crippen LogP contribution in [0.15, 0.2) is 30.3 Å². The van der Waals surface area contributed by atoms with E-state index in [1.54, 1.807) is 37.4 Å². The van der Waals surface area contributed by atoms with E-state index in [1.807, 2.05) is 13.8 Å². The van der Waals surface area contributed by atoms with Gasteiger partial charge in [0.2, 0.25) is 17.4 Å². The van der Waals surface area contributed by atoms with Crippen LogP contribution in [0.3, 0.4) is 0 Å². The molecule has 3 aliphatic rings. The molecule has 1 aromatic carbocycles. The van der Waals surface area contributed by atoms with Crippen molar-refractivity contribution in [1.82, 2.24) is 9.47 Å². The highest BCUT2D eigenvalue weighted by atomic mass is 16.5. The summed E-state index contributed by atoms with van der Waals surface area (Å²) in [5.74, 6) is -1.56. The van der Waals surface area contributed by atoms with Gasteiger partial charge in [0.1, 0.15) is 0 Å². The van der Waals surface area contributed by atoms with Gasteiger partial charge in [0.25, 0.3) is 5.91 Å². The molecule has 0 spiro atoms. The normalized spacial score (nSPS) is 21.0. The van der Waals surface area contributed by atoms with Crippen molar-refractivity contribution in [2.24, 2.45) is 0 Å². The Balaban J connectivity index is 1.40. The number of nitrogens with zero attached hydrogens (tertiary/aromatic N) is 3. The first kappa shape index (κ1) is 24.2. The second-order valence-corrected chi connectivity index (χ2v) is 9.75. The summed E-state index contributed by atoms with van der Waals surface area (Å²) in [7, 11) is 1.65. The minimum Gasteiger partial charge on any atom is -0.454 e. The molecule has 2 fully saturated rings. The van der Waals surface area contributed by atoms with Gasteiger partial charge in [-0.2, -0.15) is 0 Å². The highest BCUT2D eigenvalue weighted by molar-refractivity contribution is 6.16. The average molecular weight is 494 g/mol. The Morgan fingerprint density at radius 2 is 1.89 bits per heavy atom. The molecule has 5 rings (SSSR count). The van der Waals surface area contributed by atoms with E-state index in [0.29, 0.717) is 23.4 Å². The number of aromatic nitrogens is 1. The van der Waals surface area contributed by atoms with Crippen LogP contribution in [0.2, 0.25) is 0 Å². The minimum absolute atomic E-state index is 0.122. The number of benzene rings is 1. The Morgan fingerprint density at radius 3 is 2.61 bits per heavy atom. The molecule has 0 radical (unpaired) electrons. The number of carbonyl (C=O) groups excluding carboxylic acids is 4. The number of amides is 2. The van der Waals surface area contributed by atoms with E-state index in [0.717, 1.165) is 37.2 Å². The maximum Gasteiger partial charge on any atom is 0.354 e. The SMILES string of the molecule is COCCCn1c(C)cc(C(=O)COC(=O)[C@@]23CCC(=O)N2c2ccccc2C(=O)N3C2CC2)c1C. The molecule has 2 amide bonds. The standard InChI is InChI=1S/C27H31N3O6/c1-17-15-21(18(2)28(17)13-6-14-35-3)23(31)16-36-26(34)27-12-11-24(32)30(27)22-8-5-4-7-20(22)25(33)29(27)19-9-10-19/h4-5,7-8,15,19H,6,9-14,16H2,1-3H3/t27-/m1/s1. The molecule has 1 aromatic heterocycles. The van der Waals surface area contributed by atoms with E-state index in [1.165, 1.54) is 9.80 Å². The number of ether oxygens (including phenoxy) is 2. The maximum atomic E-state index is 13.7. The lowest BCUT2D eigenvalue weighted by atomic mass is 9.96. The first-order chi connectivity index (χ1) is 17.3. The Morgan fingerprint density at radius 1 is 1.14 bits per heavy atom. The number of aryl methyl sites for hydroxylation is 1. The number of hydrogen-bond acceptors (Lipinski definition) is 6. The van der Waals surface area contributed by atoms with Gasteiger partial charge in [0.05, 0.1) is 11.3 Å². The summed E-state index contributed by atoms with van der Waals surface area (Å²) in [4.78, 5) is 56.4. The van der Waals surface area contributed by atoms with Crippen molar-refractivity contribution in [3.05, 3.63) is 52.8 Å². The predicted octanol–water partition coefficient (Wildman–Crippen LogP) is 3.01. The van der Waals surface area contributed by atoms with Crippen molar-refractivity contribution in [3.8, 4) is 0 Å². The molecular formula is C27H31N3O6. The van der Waals surface area contributed by atoms with Crippen LogP contribution in [0.25, 0.3) is 0 Å². The Labute approximate surface area is 209 Å². The number of Topliss-reactive ketones (excluding diaryl/α,β-unsaturated/α-hetero) is 1. The number of anilines is 1. The first-order valence-electron chi connectivity index (χ1n) is 12.4. The van der Waals surface area contributed by atoms with Crippen molar-refractivity contribution in [1.29, 1.82) is 0 Å². The quantitative estimate of drug-likeness (QED) is 0.303. The van der Waals surface area contributed by atoms with E-state index < -0.39 is 18.2 Å². The molecule has 36 heavy (non-hydrogen) atoms. The van der Waals surface area contributed by atoms with Gasteiger partial charge in [0.15, 0.2) is 6.61 Å². The largest absolute Gasteiger partial charge is 0.454 e. The fraction of sp³-hybridized carbons (Fsp3) is 0.481. The summed E-state index contributed by atoms with van der Waals surface area (Å²) < 4.78 is 12.8. The maximum absolute atomic E-state index is 13.7. The monoisotopic (exact) mass is 493 g/mol. The highest BCUT2D eigenvalue weighted by Gasteiger charge is 2.64. The molecule has 3 heterocycles. The average Bonchev–Trinajstić information content (AvgIpc) is 3.58. The molecule has 1 saturated carbocycles. The molecule has 9 nitrogen and oxygen atoms in total. The van der Waals surface area contributed by atoms with Crippen LogP contribution in [0.5, 0.6) is 0 Å². The summed E-state index contributed by atoms with van der Waals surface area (Å²) >= 11 is 0. The van der Waals surface area contributed by atoms with Gasteiger partial charge < -0.3 is 18.9 Å². The van der Waals surface area contributed by atoms with E-state index in [9.17, 15) is 19.2 Å². The van der Waals surface area contributed by atoms with Crippen LogP contribution < -0.4 is 4.90 Å². The number of para-hydroxylation sites is 1. The number of fused-ring (bicyclic) bond motifs is 3. The van der Waals surface area contributed by atoms with Crippen LogP contribution >= 0.6 is 0 Å². The lowest BCUT2D eigenvalue weighted by Gasteiger charge is -2.48. The number of carbonyl (C=O) groups is 4. The minimum atomic E-state index is -1.55. The zero-order chi connectivity index (χ0) is 25.6. The number of hydrogen-bond donors (Lipinski definition) is 0. The fourth-order valence-electron chi connectivity index (χ4n) is 5.63. The van der Waals surface area contributed by atoms with Crippen molar-refractivity contribution in [2.75, 3.05) is 25.2 Å². The van der Waals surface area contributed by atoms with Gasteiger partial charge in [-0.3, -0.25) is 19.3 Å². The molecule has 0 bridgehead atoms. The van der Waals surface area contributed by atoms with Crippen LogP contribution in [-0.4, -0.2) is 65.1 Å². The summed E-state index contributed by atoms with van der Waals surface area (Å²) in [5, 5.41) is 0. The third kappa shape index (κ3) is 3.73. The van der Waals surface area contributed by atoms with Crippen molar-refractivity contribution in [3.63, 3.8) is 0 Å². The molecule has 0 unspecified atom stereocenters. The number of methoxy groups -OCH3 is 1. The molecule has 0 N–H and O–H groups in total. The van der Waals surface area contributed by atoms with Gasteiger partial charge in [-0.05, 0) is 51.3 Å². The van der Waals surface area contributed by atoms with Gasteiger partial charge in [0, 0.05) is 56.1 Å². The molecule has 1 aliphatic carbocycles. The Bertz CT molecular complexity index is 1250. The van der Waals surface area contributed by atoms with Crippen LogP contribution in [-0.2, 0) is 25.6 Å². The number of rotatable bonds is 9. The molecule has 190 valence electrons. The third-order valence-corrected chi connectivity index (χ3v) is 7.48. The summed E-state index contributed by atoms with van der Waals surface area (Å²) in [5.41, 5.74) is 1.52. The molecule has 2 aliphatic heterocycles. The van der Waals surface area contributed by atoms with E-state index in [2.05, 4.69) is 4.57 Å². The van der Waals surface area contributed by atoms with Crippen molar-refractivity contribution >= 4 is 29.3 Å². The fourth-order valence-corrected chi connectivity index (χ4v) is 5.63. The molecule has 2 aromatic rings. The predicted molar refractivity (Wildman–Crippen MR) is 131 cm³/mol. The van der Waals surface area contributed by atoms with E-state index >= 15 is 0 Å². The summed E-state index contributed by atoms with van der Waals surface area (Å²) in [6.45, 7) is 4.68. The van der Waals surface area contributed by atoms with Crippen LogP contribution in [0.4, 0.5) is 5.69 Å². The summed E-state index contributed by atoms with van der Waals surface area (Å²) in [6.07, 6.45) is 2.60. The first-order valence-corrected chi connectivity index (χ1v) is 12.4. The molecule has 1 saturated heterocycles. The molecular weight excluding hydrogens is 462 g/mol. The van der Waals surface area contributed by atoms with Gasteiger partial charge in [-0.25, -0.2) is 4.79 Å². The summed E-state index contributed by atoms with van der Waals surface area (Å²) in [6, 6.07) is 8.53. The van der Waals surface area contributed by atoms with Crippen molar-refractivity contribution < 1.29 is 28.7 Å². The lowest BCUT2D eigenvalue weighted by molar-refractivity contribution is -0.156. The second-order valence-electron chi connectivity index (χ2n) is 9.75. The van der Waals surface area contributed by atoms with Crippen molar-refractivity contribution in [2.45, 2.75) is 64.2 Å². The van der Waals surface area contributed by atoms with E-state index in [4.69, 9.17) is 9.47 Å². The van der Waals surface area contributed by atoms with Crippen LogP contribution in [0.1, 0.15) is 64.2 Å². The Kier molecular flexibility index (Phi) is 6.20. The van der Waals surface area contributed by atoms with Gasteiger partial charge >= 0.3 is 5.97 Å². The highest BCUT2D eigenvalue weighted by Crippen LogP contribution is 2.49. The number of ketones is 1. The Hall–Kier alpha value is -3.46. The third-order valence-electron chi connectivity index (χ3n) is 7.48. The topological polar surface area (TPSA) is 98.1 Å². The number of esters is 1. The van der Waals surface area contributed by atoms with E-state index in [-0.39, 0.29) is 36.5 Å². The zero-order valence-electron chi connectivity index (χ0n) is 20.9. The molecule has 1 atom stereocenters. The van der Waals surface area contributed by atoms with Gasteiger partial charge in [-0.15, -0.1) is 0 Å². The van der Waals surface area contributed by atoms with Crippen LogP contribution in [0, 0.1) is 13.8 Å². The molecule has 9 heteroatoms. The zero-order valence-corrected chi connectivity index (χ0v) is 20.9. The lowest BCUT2D eigenvalue weighted by Crippen LogP contribution is -2.69. The van der Waals surface area contributed by atoms with Gasteiger partial charge in [-0.1, -0.05) is 12.1 Å². The second kappa shape index (κ2) is 9.20.